The van der Waals surface area contributed by atoms with Crippen molar-refractivity contribution >= 4 is 17.5 Å². The second-order valence-electron chi connectivity index (χ2n) is 9.12. The number of fused-ring (bicyclic) bond motifs is 1. The molecule has 2 aliphatic rings. The Morgan fingerprint density at radius 1 is 1.00 bits per heavy atom. The van der Waals surface area contributed by atoms with Crippen LogP contribution in [0.5, 0.6) is 5.75 Å². The lowest BCUT2D eigenvalue weighted by Gasteiger charge is -2.34. The second-order valence-corrected chi connectivity index (χ2v) is 9.12. The maximum absolute atomic E-state index is 12.2. The summed E-state index contributed by atoms with van der Waals surface area (Å²) < 4.78 is 5.80. The van der Waals surface area contributed by atoms with Gasteiger partial charge < -0.3 is 20.3 Å². The van der Waals surface area contributed by atoms with Crippen molar-refractivity contribution in [2.45, 2.75) is 45.7 Å². The molecule has 2 aliphatic heterocycles. The molecule has 0 unspecified atom stereocenters. The number of rotatable bonds is 10. The highest BCUT2D eigenvalue weighted by atomic mass is 16.5. The van der Waals surface area contributed by atoms with Gasteiger partial charge in [0.2, 0.25) is 11.8 Å². The van der Waals surface area contributed by atoms with Crippen LogP contribution in [-0.4, -0.2) is 60.9 Å². The zero-order valence-corrected chi connectivity index (χ0v) is 20.1. The summed E-state index contributed by atoms with van der Waals surface area (Å²) in [5, 5.41) is 5.87. The van der Waals surface area contributed by atoms with Gasteiger partial charge in [-0.05, 0) is 54.3 Å². The minimum Gasteiger partial charge on any atom is -0.494 e. The van der Waals surface area contributed by atoms with Gasteiger partial charge in [0.1, 0.15) is 5.75 Å². The quantitative estimate of drug-likeness (QED) is 0.529. The molecule has 2 amide bonds. The molecule has 34 heavy (non-hydrogen) atoms. The summed E-state index contributed by atoms with van der Waals surface area (Å²) in [5.41, 5.74) is 4.40. The van der Waals surface area contributed by atoms with Gasteiger partial charge in [0.15, 0.2) is 0 Å². The van der Waals surface area contributed by atoms with Crippen molar-refractivity contribution in [1.82, 2.24) is 15.1 Å². The lowest BCUT2D eigenvalue weighted by Crippen LogP contribution is -2.45. The topological polar surface area (TPSA) is 73.9 Å². The summed E-state index contributed by atoms with van der Waals surface area (Å²) in [6.07, 6.45) is 2.33. The Kier molecular flexibility index (Phi) is 8.55. The zero-order chi connectivity index (χ0) is 23.8. The van der Waals surface area contributed by atoms with E-state index in [4.69, 9.17) is 4.74 Å². The van der Waals surface area contributed by atoms with Crippen molar-refractivity contribution in [3.8, 4) is 5.75 Å². The number of ether oxygens (including phenoxy) is 1. The first-order valence-corrected chi connectivity index (χ1v) is 12.4. The van der Waals surface area contributed by atoms with E-state index in [1.165, 1.54) is 5.56 Å². The van der Waals surface area contributed by atoms with Gasteiger partial charge in [-0.25, -0.2) is 0 Å². The number of benzene rings is 2. The fourth-order valence-corrected chi connectivity index (χ4v) is 4.45. The van der Waals surface area contributed by atoms with Gasteiger partial charge in [0, 0.05) is 57.8 Å². The predicted octanol–water partition coefficient (Wildman–Crippen LogP) is 3.18. The Morgan fingerprint density at radius 2 is 1.74 bits per heavy atom. The molecule has 0 spiro atoms. The molecule has 7 nitrogen and oxygen atoms in total. The standard InChI is InChI=1S/C27H36N4O3/c1-2-30-13-15-31(16-14-30)20-22-7-5-21(6-8-22)19-28-26(32)4-3-17-34-24-10-11-25-23(18-24)9-12-27(33)29-25/h5-8,10-11,18H,2-4,9,12-17,19-20H2,1H3,(H,28,32)(H,29,33). The van der Waals surface area contributed by atoms with Crippen LogP contribution in [0.1, 0.15) is 42.9 Å². The van der Waals surface area contributed by atoms with Crippen LogP contribution in [0, 0.1) is 0 Å². The number of hydrogen-bond donors (Lipinski definition) is 2. The van der Waals surface area contributed by atoms with Gasteiger partial charge in [-0.15, -0.1) is 0 Å². The third kappa shape index (κ3) is 7.05. The number of carbonyl (C=O) groups excluding carboxylic acids is 2. The van der Waals surface area contributed by atoms with Crippen molar-refractivity contribution in [3.63, 3.8) is 0 Å². The molecule has 2 aromatic rings. The number of anilines is 1. The van der Waals surface area contributed by atoms with E-state index < -0.39 is 0 Å². The lowest BCUT2D eigenvalue weighted by molar-refractivity contribution is -0.121. The second kappa shape index (κ2) is 12.0. The third-order valence-corrected chi connectivity index (χ3v) is 6.62. The summed E-state index contributed by atoms with van der Waals surface area (Å²) >= 11 is 0. The maximum Gasteiger partial charge on any atom is 0.224 e. The van der Waals surface area contributed by atoms with Gasteiger partial charge in [0.25, 0.3) is 0 Å². The van der Waals surface area contributed by atoms with Crippen molar-refractivity contribution in [1.29, 1.82) is 0 Å². The molecule has 0 aliphatic carbocycles. The number of likely N-dealkylation sites (N-methyl/N-ethyl adjacent to an activating group) is 1. The normalized spacial score (nSPS) is 16.6. The lowest BCUT2D eigenvalue weighted by atomic mass is 10.0. The van der Waals surface area contributed by atoms with Gasteiger partial charge >= 0.3 is 0 Å². The number of nitrogens with one attached hydrogen (secondary N) is 2. The van der Waals surface area contributed by atoms with E-state index in [2.05, 4.69) is 51.6 Å². The number of aryl methyl sites for hydroxylation is 1. The highest BCUT2D eigenvalue weighted by Crippen LogP contribution is 2.26. The Hall–Kier alpha value is -2.90. The van der Waals surface area contributed by atoms with Crippen LogP contribution in [0.3, 0.4) is 0 Å². The number of piperazine rings is 1. The summed E-state index contributed by atoms with van der Waals surface area (Å²) in [6.45, 7) is 9.93. The Balaban J connectivity index is 1.11. The predicted molar refractivity (Wildman–Crippen MR) is 134 cm³/mol. The minimum atomic E-state index is 0.0367. The SMILES string of the molecule is CCN1CCN(Cc2ccc(CNC(=O)CCCOc3ccc4c(c3)CCC(=O)N4)cc2)CC1. The van der Waals surface area contributed by atoms with Crippen LogP contribution in [0.4, 0.5) is 5.69 Å². The highest BCUT2D eigenvalue weighted by molar-refractivity contribution is 5.94. The highest BCUT2D eigenvalue weighted by Gasteiger charge is 2.16. The Labute approximate surface area is 202 Å². The molecule has 0 bridgehead atoms. The van der Waals surface area contributed by atoms with Crippen LogP contribution >= 0.6 is 0 Å². The number of hydrogen-bond acceptors (Lipinski definition) is 5. The first kappa shape index (κ1) is 24.2. The van der Waals surface area contributed by atoms with Crippen LogP contribution in [0.15, 0.2) is 42.5 Å². The van der Waals surface area contributed by atoms with Crippen molar-refractivity contribution in [2.75, 3.05) is 44.6 Å². The molecule has 2 heterocycles. The summed E-state index contributed by atoms with van der Waals surface area (Å²) in [6, 6.07) is 14.3. The fourth-order valence-electron chi connectivity index (χ4n) is 4.45. The molecule has 0 saturated carbocycles. The molecule has 4 rings (SSSR count). The molecule has 1 fully saturated rings. The molecule has 0 radical (unpaired) electrons. The molecular weight excluding hydrogens is 428 g/mol. The van der Waals surface area contributed by atoms with E-state index in [1.54, 1.807) is 0 Å². The van der Waals surface area contributed by atoms with Crippen molar-refractivity contribution in [3.05, 3.63) is 59.2 Å². The van der Waals surface area contributed by atoms with E-state index in [0.29, 0.717) is 32.4 Å². The Morgan fingerprint density at radius 3 is 2.50 bits per heavy atom. The molecule has 0 atom stereocenters. The van der Waals surface area contributed by atoms with Gasteiger partial charge in [-0.1, -0.05) is 31.2 Å². The number of carbonyl (C=O) groups is 2. The van der Waals surface area contributed by atoms with E-state index in [0.717, 1.165) is 68.3 Å². The zero-order valence-electron chi connectivity index (χ0n) is 20.1. The Bertz CT molecular complexity index is 968. The summed E-state index contributed by atoms with van der Waals surface area (Å²) in [7, 11) is 0. The number of nitrogens with zero attached hydrogens (tertiary/aromatic N) is 2. The number of amides is 2. The van der Waals surface area contributed by atoms with Crippen molar-refractivity contribution < 1.29 is 14.3 Å². The first-order chi connectivity index (χ1) is 16.6. The molecule has 0 aromatic heterocycles. The summed E-state index contributed by atoms with van der Waals surface area (Å²) in [4.78, 5) is 28.7. The molecule has 2 N–H and O–H groups in total. The molecule has 2 aromatic carbocycles. The van der Waals surface area contributed by atoms with E-state index in [1.807, 2.05) is 18.2 Å². The minimum absolute atomic E-state index is 0.0367. The molecule has 1 saturated heterocycles. The largest absolute Gasteiger partial charge is 0.494 e. The average molecular weight is 465 g/mol. The van der Waals surface area contributed by atoms with Crippen molar-refractivity contribution in [2.24, 2.45) is 0 Å². The van der Waals surface area contributed by atoms with Gasteiger partial charge in [0.05, 0.1) is 6.61 Å². The first-order valence-electron chi connectivity index (χ1n) is 12.4. The third-order valence-electron chi connectivity index (χ3n) is 6.62. The van der Waals surface area contributed by atoms with Crippen LogP contribution < -0.4 is 15.4 Å². The summed E-state index contributed by atoms with van der Waals surface area (Å²) in [5.74, 6) is 0.876. The smallest absolute Gasteiger partial charge is 0.224 e. The molecular formula is C27H36N4O3. The maximum atomic E-state index is 12.2. The van der Waals surface area contributed by atoms with E-state index in [9.17, 15) is 9.59 Å². The average Bonchev–Trinajstić information content (AvgIpc) is 2.86. The van der Waals surface area contributed by atoms with Gasteiger partial charge in [-0.2, -0.15) is 0 Å². The van der Waals surface area contributed by atoms with E-state index in [-0.39, 0.29) is 11.8 Å². The van der Waals surface area contributed by atoms with Crippen LogP contribution in [0.25, 0.3) is 0 Å². The fraction of sp³-hybridized carbons (Fsp3) is 0.481. The molecule has 7 heteroatoms. The molecule has 182 valence electrons. The van der Waals surface area contributed by atoms with Crippen LogP contribution in [-0.2, 0) is 29.1 Å². The van der Waals surface area contributed by atoms with Gasteiger partial charge in [-0.3, -0.25) is 14.5 Å². The van der Waals surface area contributed by atoms with Crippen LogP contribution in [0.2, 0.25) is 0 Å². The monoisotopic (exact) mass is 464 g/mol. The van der Waals surface area contributed by atoms with E-state index >= 15 is 0 Å².